The van der Waals surface area contributed by atoms with Crippen molar-refractivity contribution in [1.82, 2.24) is 15.0 Å². The van der Waals surface area contributed by atoms with Gasteiger partial charge in [0.25, 0.3) is 0 Å². The largest absolute Gasteiger partial charge is 0.497 e. The van der Waals surface area contributed by atoms with Crippen LogP contribution in [-0.2, 0) is 9.84 Å². The molecule has 26 heavy (non-hydrogen) atoms. The van der Waals surface area contributed by atoms with Gasteiger partial charge in [-0.05, 0) is 37.1 Å². The van der Waals surface area contributed by atoms with Crippen LogP contribution >= 0.6 is 0 Å². The molecule has 0 bridgehead atoms. The summed E-state index contributed by atoms with van der Waals surface area (Å²) in [7, 11) is -2.12. The minimum atomic E-state index is -3.67. The van der Waals surface area contributed by atoms with Crippen molar-refractivity contribution in [1.29, 1.82) is 0 Å². The molecule has 3 aromatic rings. The summed E-state index contributed by atoms with van der Waals surface area (Å²) in [5.41, 5.74) is 2.15. The molecule has 4 rings (SSSR count). The second-order valence-corrected chi connectivity index (χ2v) is 8.57. The molecule has 7 heteroatoms. The molecule has 0 aliphatic heterocycles. The Morgan fingerprint density at radius 1 is 1.08 bits per heavy atom. The molecule has 1 aromatic carbocycles. The fourth-order valence-electron chi connectivity index (χ4n) is 3.71. The molecule has 1 aliphatic rings. The number of ether oxygens (including phenoxy) is 1. The quantitative estimate of drug-likeness (QED) is 0.753. The van der Waals surface area contributed by atoms with Gasteiger partial charge in [0.15, 0.2) is 0 Å². The highest BCUT2D eigenvalue weighted by atomic mass is 32.2. The Morgan fingerprint density at radius 3 is 2.50 bits per heavy atom. The molecular weight excluding hydrogens is 350 g/mol. The Hall–Kier alpha value is -2.41. The third kappa shape index (κ3) is 2.86. The van der Waals surface area contributed by atoms with Gasteiger partial charge in [0.05, 0.1) is 23.2 Å². The van der Waals surface area contributed by atoms with Gasteiger partial charge < -0.3 is 9.72 Å². The van der Waals surface area contributed by atoms with E-state index >= 15 is 0 Å². The number of aromatic nitrogens is 3. The zero-order valence-corrected chi connectivity index (χ0v) is 15.4. The van der Waals surface area contributed by atoms with Gasteiger partial charge in [-0.1, -0.05) is 19.3 Å². The first kappa shape index (κ1) is 17.0. The van der Waals surface area contributed by atoms with E-state index in [1.165, 1.54) is 31.8 Å². The number of methoxy groups -OCH3 is 1. The third-order valence-electron chi connectivity index (χ3n) is 5.11. The highest BCUT2D eigenvalue weighted by Gasteiger charge is 2.26. The third-order valence-corrected chi connectivity index (χ3v) is 6.89. The summed E-state index contributed by atoms with van der Waals surface area (Å²) in [5.74, 6) is 0.981. The maximum absolute atomic E-state index is 13.1. The molecular formula is C19H21N3O3S. The molecule has 0 saturated heterocycles. The molecule has 136 valence electrons. The van der Waals surface area contributed by atoms with Gasteiger partial charge >= 0.3 is 0 Å². The smallest absolute Gasteiger partial charge is 0.210 e. The van der Waals surface area contributed by atoms with E-state index in [9.17, 15) is 8.42 Å². The first-order valence-corrected chi connectivity index (χ1v) is 10.3. The van der Waals surface area contributed by atoms with Gasteiger partial charge in [-0.15, -0.1) is 0 Å². The van der Waals surface area contributed by atoms with Crippen LogP contribution in [0.2, 0.25) is 0 Å². The number of rotatable bonds is 4. The maximum Gasteiger partial charge on any atom is 0.210 e. The number of hydrogen-bond donors (Lipinski definition) is 1. The lowest BCUT2D eigenvalue weighted by molar-refractivity contribution is 0.414. The van der Waals surface area contributed by atoms with Crippen molar-refractivity contribution in [2.24, 2.45) is 0 Å². The van der Waals surface area contributed by atoms with Crippen LogP contribution in [0.25, 0.3) is 11.0 Å². The number of aromatic amines is 1. The first-order valence-electron chi connectivity index (χ1n) is 8.82. The Morgan fingerprint density at radius 2 is 1.81 bits per heavy atom. The first-order chi connectivity index (χ1) is 12.6. The van der Waals surface area contributed by atoms with Crippen molar-refractivity contribution in [2.45, 2.75) is 47.8 Å². The number of hydrogen-bond acceptors (Lipinski definition) is 5. The Bertz CT molecular complexity index is 1020. The fraction of sp³-hybridized carbons (Fsp3) is 0.368. The number of sulfone groups is 1. The Labute approximate surface area is 152 Å². The van der Waals surface area contributed by atoms with Crippen molar-refractivity contribution >= 4 is 20.9 Å². The molecule has 0 atom stereocenters. The summed E-state index contributed by atoms with van der Waals surface area (Å²) in [6.45, 7) is 0. The molecule has 1 N–H and O–H groups in total. The summed E-state index contributed by atoms with van der Waals surface area (Å²) in [5, 5.41) is 0. The number of benzene rings is 1. The Balaban J connectivity index is 1.79. The second kappa shape index (κ2) is 6.72. The lowest BCUT2D eigenvalue weighted by Crippen LogP contribution is -2.08. The molecule has 1 fully saturated rings. The predicted molar refractivity (Wildman–Crippen MR) is 98.2 cm³/mol. The topological polar surface area (TPSA) is 84.9 Å². The van der Waals surface area contributed by atoms with E-state index in [2.05, 4.69) is 15.0 Å². The zero-order chi connectivity index (χ0) is 18.1. The van der Waals surface area contributed by atoms with Crippen LogP contribution in [-0.4, -0.2) is 30.5 Å². The Kier molecular flexibility index (Phi) is 4.40. The van der Waals surface area contributed by atoms with Crippen LogP contribution in [0.15, 0.2) is 46.6 Å². The molecule has 6 nitrogen and oxygen atoms in total. The molecule has 1 aliphatic carbocycles. The van der Waals surface area contributed by atoms with E-state index < -0.39 is 9.84 Å². The molecule has 0 spiro atoms. The van der Waals surface area contributed by atoms with Crippen molar-refractivity contribution < 1.29 is 13.2 Å². The number of nitrogens with zero attached hydrogens (tertiary/aromatic N) is 2. The number of fused-ring (bicyclic) bond motifs is 1. The molecule has 2 heterocycles. The van der Waals surface area contributed by atoms with E-state index in [1.54, 1.807) is 31.4 Å². The van der Waals surface area contributed by atoms with Crippen molar-refractivity contribution in [3.05, 3.63) is 42.5 Å². The van der Waals surface area contributed by atoms with Gasteiger partial charge in [0.2, 0.25) is 9.84 Å². The van der Waals surface area contributed by atoms with Gasteiger partial charge in [-0.25, -0.2) is 18.4 Å². The van der Waals surface area contributed by atoms with Crippen molar-refractivity contribution in [3.63, 3.8) is 0 Å². The van der Waals surface area contributed by atoms with Crippen molar-refractivity contribution in [3.8, 4) is 5.75 Å². The summed E-state index contributed by atoms with van der Waals surface area (Å²) < 4.78 is 31.3. The van der Waals surface area contributed by atoms with Crippen LogP contribution < -0.4 is 4.74 Å². The summed E-state index contributed by atoms with van der Waals surface area (Å²) in [4.78, 5) is 12.3. The van der Waals surface area contributed by atoms with E-state index in [0.717, 1.165) is 24.1 Å². The molecule has 2 aromatic heterocycles. The highest BCUT2D eigenvalue weighted by molar-refractivity contribution is 7.91. The van der Waals surface area contributed by atoms with E-state index in [0.29, 0.717) is 17.2 Å². The summed E-state index contributed by atoms with van der Waals surface area (Å²) in [6, 6.07) is 6.39. The summed E-state index contributed by atoms with van der Waals surface area (Å²) in [6.07, 6.45) is 8.82. The lowest BCUT2D eigenvalue weighted by Gasteiger charge is -2.21. The van der Waals surface area contributed by atoms with Gasteiger partial charge in [-0.2, -0.15) is 0 Å². The normalized spacial score (nSPS) is 16.0. The standard InChI is InChI=1S/C19H21N3O3S/c1-25-14-7-9-15(10-8-14)26(23,24)16-11-20-19-17(21-12-22-18(16)19)13-5-3-2-4-6-13/h7-13,20H,2-6H2,1H3. The van der Waals surface area contributed by atoms with E-state index in [4.69, 9.17) is 4.74 Å². The number of nitrogens with one attached hydrogen (secondary N) is 1. The van der Waals surface area contributed by atoms with Crippen molar-refractivity contribution in [2.75, 3.05) is 7.11 Å². The average molecular weight is 371 g/mol. The van der Waals surface area contributed by atoms with Crippen LogP contribution in [0.4, 0.5) is 0 Å². The van der Waals surface area contributed by atoms with Crippen LogP contribution in [0.5, 0.6) is 5.75 Å². The molecule has 0 unspecified atom stereocenters. The second-order valence-electron chi connectivity index (χ2n) is 6.65. The van der Waals surface area contributed by atoms with Gasteiger partial charge in [0.1, 0.15) is 22.5 Å². The minimum absolute atomic E-state index is 0.192. The van der Waals surface area contributed by atoms with Crippen LogP contribution in [0.1, 0.15) is 43.7 Å². The molecule has 0 amide bonds. The van der Waals surface area contributed by atoms with Crippen LogP contribution in [0.3, 0.4) is 0 Å². The molecule has 1 saturated carbocycles. The van der Waals surface area contributed by atoms with E-state index in [-0.39, 0.29) is 9.79 Å². The minimum Gasteiger partial charge on any atom is -0.497 e. The van der Waals surface area contributed by atoms with Crippen LogP contribution in [0, 0.1) is 0 Å². The van der Waals surface area contributed by atoms with E-state index in [1.807, 2.05) is 0 Å². The van der Waals surface area contributed by atoms with Gasteiger partial charge in [-0.3, -0.25) is 0 Å². The fourth-order valence-corrected chi connectivity index (χ4v) is 5.08. The average Bonchev–Trinajstić information content (AvgIpc) is 3.14. The zero-order valence-electron chi connectivity index (χ0n) is 14.6. The maximum atomic E-state index is 13.1. The SMILES string of the molecule is COc1ccc(S(=O)(=O)c2c[nH]c3c(C4CCCCC4)ncnc23)cc1. The number of H-pyrrole nitrogens is 1. The lowest BCUT2D eigenvalue weighted by atomic mass is 9.86. The highest BCUT2D eigenvalue weighted by Crippen LogP contribution is 2.36. The monoisotopic (exact) mass is 371 g/mol. The van der Waals surface area contributed by atoms with Gasteiger partial charge in [0, 0.05) is 12.1 Å². The predicted octanol–water partition coefficient (Wildman–Crippen LogP) is 3.85. The summed E-state index contributed by atoms with van der Waals surface area (Å²) >= 11 is 0. The molecule has 0 radical (unpaired) electrons.